The van der Waals surface area contributed by atoms with Gasteiger partial charge in [-0.3, -0.25) is 9.59 Å². The number of carbonyl (C=O) groups is 2. The Bertz CT molecular complexity index is 806. The second kappa shape index (κ2) is 7.68. The predicted molar refractivity (Wildman–Crippen MR) is 109 cm³/mol. The molecule has 2 amide bonds. The SMILES string of the molecule is Cc1ccc([C@H](CNC(=O)[C@H]2CC23CCOCC3)NC(=O)[C@@H]2CC23CCOCC3)o1. The third-order valence-electron chi connectivity index (χ3n) is 7.89. The number of ether oxygens (including phenoxy) is 2. The zero-order valence-corrected chi connectivity index (χ0v) is 17.7. The summed E-state index contributed by atoms with van der Waals surface area (Å²) in [5, 5.41) is 6.24. The summed E-state index contributed by atoms with van der Waals surface area (Å²) in [5.41, 5.74) is 0.268. The van der Waals surface area contributed by atoms with Gasteiger partial charge in [-0.25, -0.2) is 0 Å². The van der Waals surface area contributed by atoms with Crippen LogP contribution in [-0.4, -0.2) is 44.8 Å². The van der Waals surface area contributed by atoms with Crippen molar-refractivity contribution >= 4 is 11.8 Å². The van der Waals surface area contributed by atoms with E-state index in [-0.39, 0.29) is 40.5 Å². The highest BCUT2D eigenvalue weighted by Crippen LogP contribution is 2.60. The van der Waals surface area contributed by atoms with Gasteiger partial charge in [-0.15, -0.1) is 0 Å². The van der Waals surface area contributed by atoms with Gasteiger partial charge in [0.25, 0.3) is 0 Å². The van der Waals surface area contributed by atoms with E-state index in [4.69, 9.17) is 13.9 Å². The van der Waals surface area contributed by atoms with Crippen LogP contribution >= 0.6 is 0 Å². The van der Waals surface area contributed by atoms with Crippen LogP contribution in [0.5, 0.6) is 0 Å². The maximum absolute atomic E-state index is 13.0. The number of carbonyl (C=O) groups excluding carboxylic acids is 2. The lowest BCUT2D eigenvalue weighted by Crippen LogP contribution is -2.40. The van der Waals surface area contributed by atoms with Gasteiger partial charge in [-0.05, 0) is 68.4 Å². The monoisotopic (exact) mass is 416 g/mol. The molecule has 7 heteroatoms. The predicted octanol–water partition coefficient (Wildman–Crippen LogP) is 2.49. The van der Waals surface area contributed by atoms with Crippen LogP contribution in [0.15, 0.2) is 16.5 Å². The van der Waals surface area contributed by atoms with Crippen LogP contribution in [0.3, 0.4) is 0 Å². The van der Waals surface area contributed by atoms with E-state index in [0.717, 1.165) is 70.7 Å². The highest BCUT2D eigenvalue weighted by molar-refractivity contribution is 5.84. The minimum absolute atomic E-state index is 0.0459. The van der Waals surface area contributed by atoms with Crippen LogP contribution in [0.2, 0.25) is 0 Å². The molecule has 4 fully saturated rings. The van der Waals surface area contributed by atoms with E-state index in [2.05, 4.69) is 10.6 Å². The van der Waals surface area contributed by atoms with Gasteiger partial charge in [0, 0.05) is 44.8 Å². The third-order valence-corrected chi connectivity index (χ3v) is 7.89. The van der Waals surface area contributed by atoms with Gasteiger partial charge in [-0.2, -0.15) is 0 Å². The number of rotatable bonds is 6. The number of nitrogens with one attached hydrogen (secondary N) is 2. The van der Waals surface area contributed by atoms with Crippen molar-refractivity contribution in [1.29, 1.82) is 0 Å². The standard InChI is InChI=1S/C23H32N2O5/c1-15-2-3-19(30-15)18(25-21(27)17-13-23(17)6-10-29-11-7-23)14-24-20(26)16-12-22(16)4-8-28-9-5-22/h2-3,16-18H,4-14H2,1H3,(H,24,26)(H,25,27)/t16-,17+,18+/m1/s1. The van der Waals surface area contributed by atoms with E-state index in [9.17, 15) is 9.59 Å². The quantitative estimate of drug-likeness (QED) is 0.744. The fourth-order valence-corrected chi connectivity index (χ4v) is 5.56. The molecule has 2 saturated heterocycles. The van der Waals surface area contributed by atoms with Gasteiger partial charge >= 0.3 is 0 Å². The first-order valence-corrected chi connectivity index (χ1v) is 11.3. The summed E-state index contributed by atoms with van der Waals surface area (Å²) in [6.07, 6.45) is 5.74. The summed E-state index contributed by atoms with van der Waals surface area (Å²) in [4.78, 5) is 25.8. The summed E-state index contributed by atoms with van der Waals surface area (Å²) >= 11 is 0. The van der Waals surface area contributed by atoms with E-state index in [0.29, 0.717) is 12.3 Å². The molecular weight excluding hydrogens is 384 g/mol. The molecule has 2 saturated carbocycles. The van der Waals surface area contributed by atoms with Crippen molar-refractivity contribution < 1.29 is 23.5 Å². The molecule has 1 aromatic rings. The summed E-state index contributed by atoms with van der Waals surface area (Å²) < 4.78 is 16.7. The first-order valence-electron chi connectivity index (χ1n) is 11.3. The van der Waals surface area contributed by atoms with Crippen molar-refractivity contribution in [3.8, 4) is 0 Å². The van der Waals surface area contributed by atoms with Crippen molar-refractivity contribution in [3.05, 3.63) is 23.7 Å². The maximum atomic E-state index is 13.0. The van der Waals surface area contributed by atoms with Gasteiger partial charge in [-0.1, -0.05) is 0 Å². The fourth-order valence-electron chi connectivity index (χ4n) is 5.56. The second-order valence-electron chi connectivity index (χ2n) is 9.72. The highest BCUT2D eigenvalue weighted by Gasteiger charge is 2.59. The van der Waals surface area contributed by atoms with Crippen LogP contribution in [0.1, 0.15) is 56.1 Å². The average molecular weight is 417 g/mol. The van der Waals surface area contributed by atoms with Gasteiger partial charge in [0.15, 0.2) is 0 Å². The van der Waals surface area contributed by atoms with E-state index in [1.807, 2.05) is 19.1 Å². The lowest BCUT2D eigenvalue weighted by atomic mass is 9.93. The summed E-state index contributed by atoms with van der Waals surface area (Å²) in [5.74, 6) is 1.77. The highest BCUT2D eigenvalue weighted by atomic mass is 16.5. The van der Waals surface area contributed by atoms with Crippen LogP contribution in [0, 0.1) is 29.6 Å². The van der Waals surface area contributed by atoms with Crippen LogP contribution in [0.25, 0.3) is 0 Å². The van der Waals surface area contributed by atoms with Crippen LogP contribution in [-0.2, 0) is 19.1 Å². The van der Waals surface area contributed by atoms with E-state index in [1.54, 1.807) is 0 Å². The summed E-state index contributed by atoms with van der Waals surface area (Å²) in [6, 6.07) is 3.43. The minimum Gasteiger partial charge on any atom is -0.464 e. The van der Waals surface area contributed by atoms with Crippen molar-refractivity contribution in [2.45, 2.75) is 51.5 Å². The van der Waals surface area contributed by atoms with Gasteiger partial charge in [0.05, 0.1) is 0 Å². The van der Waals surface area contributed by atoms with Crippen LogP contribution < -0.4 is 10.6 Å². The second-order valence-corrected chi connectivity index (χ2v) is 9.72. The zero-order chi connectivity index (χ0) is 20.8. The Hall–Kier alpha value is -1.86. The van der Waals surface area contributed by atoms with Crippen molar-refractivity contribution in [1.82, 2.24) is 10.6 Å². The van der Waals surface area contributed by atoms with E-state index < -0.39 is 0 Å². The molecule has 1 aromatic heterocycles. The van der Waals surface area contributed by atoms with Gasteiger partial charge in [0.1, 0.15) is 17.6 Å². The molecule has 164 valence electrons. The Labute approximate surface area is 177 Å². The molecule has 2 aliphatic carbocycles. The number of hydrogen-bond donors (Lipinski definition) is 2. The Morgan fingerprint density at radius 3 is 2.07 bits per heavy atom. The molecule has 2 spiro atoms. The molecule has 0 bridgehead atoms. The average Bonchev–Trinajstić information content (AvgIpc) is 3.59. The first kappa shape index (κ1) is 20.1. The Morgan fingerprint density at radius 2 is 1.53 bits per heavy atom. The molecule has 2 N–H and O–H groups in total. The normalized spacial score (nSPS) is 29.4. The van der Waals surface area contributed by atoms with Crippen molar-refractivity contribution in [2.24, 2.45) is 22.7 Å². The Morgan fingerprint density at radius 1 is 0.967 bits per heavy atom. The summed E-state index contributed by atoms with van der Waals surface area (Å²) in [7, 11) is 0. The molecule has 0 aromatic carbocycles. The Balaban J connectivity index is 1.20. The largest absolute Gasteiger partial charge is 0.464 e. The lowest BCUT2D eigenvalue weighted by molar-refractivity contribution is -0.126. The molecule has 0 unspecified atom stereocenters. The fraction of sp³-hybridized carbons (Fsp3) is 0.739. The lowest BCUT2D eigenvalue weighted by Gasteiger charge is -2.24. The molecule has 5 rings (SSSR count). The van der Waals surface area contributed by atoms with Gasteiger partial charge in [0.2, 0.25) is 11.8 Å². The zero-order valence-electron chi connectivity index (χ0n) is 17.7. The third kappa shape index (κ3) is 3.78. The molecule has 4 aliphatic rings. The van der Waals surface area contributed by atoms with Crippen LogP contribution in [0.4, 0.5) is 0 Å². The molecule has 3 atom stereocenters. The molecule has 2 aliphatic heterocycles. The number of aryl methyl sites for hydroxylation is 1. The molecule has 7 nitrogen and oxygen atoms in total. The Kier molecular flexibility index (Phi) is 5.14. The van der Waals surface area contributed by atoms with E-state index >= 15 is 0 Å². The molecule has 30 heavy (non-hydrogen) atoms. The number of amides is 2. The summed E-state index contributed by atoms with van der Waals surface area (Å²) in [6.45, 7) is 5.23. The topological polar surface area (TPSA) is 89.8 Å². The van der Waals surface area contributed by atoms with E-state index in [1.165, 1.54) is 0 Å². The van der Waals surface area contributed by atoms with Gasteiger partial charge < -0.3 is 24.5 Å². The maximum Gasteiger partial charge on any atom is 0.224 e. The number of furan rings is 1. The number of hydrogen-bond acceptors (Lipinski definition) is 5. The first-order chi connectivity index (χ1) is 14.5. The molecular formula is C23H32N2O5. The van der Waals surface area contributed by atoms with Crippen molar-refractivity contribution in [3.63, 3.8) is 0 Å². The molecule has 0 radical (unpaired) electrons. The smallest absolute Gasteiger partial charge is 0.224 e. The molecule has 3 heterocycles. The minimum atomic E-state index is -0.350. The van der Waals surface area contributed by atoms with Crippen molar-refractivity contribution in [2.75, 3.05) is 33.0 Å².